The Balaban J connectivity index is 1.47. The van der Waals surface area contributed by atoms with Crippen LogP contribution in [0.4, 0.5) is 0 Å². The standard InChI is InChI=1S/C20H19N3O4/c1-13-2-4-14(5-3-13)17-12-18(27-23-17)20(26)22-11-10-21-19(25)15-6-8-16(24)9-7-15/h2-9,12,24H,10-11H2,1H3,(H,21,25)(H,22,26). The molecule has 138 valence electrons. The first-order valence-electron chi connectivity index (χ1n) is 8.42. The molecule has 3 aromatic rings. The molecule has 0 atom stereocenters. The van der Waals surface area contributed by atoms with Gasteiger partial charge in [0.05, 0.1) is 0 Å². The molecule has 7 nitrogen and oxygen atoms in total. The molecule has 0 radical (unpaired) electrons. The van der Waals surface area contributed by atoms with Crippen LogP contribution in [0.1, 0.15) is 26.5 Å². The third-order valence-electron chi connectivity index (χ3n) is 3.91. The smallest absolute Gasteiger partial charge is 0.289 e. The summed E-state index contributed by atoms with van der Waals surface area (Å²) in [5.41, 5.74) is 3.01. The molecule has 1 heterocycles. The number of aromatic hydroxyl groups is 1. The van der Waals surface area contributed by atoms with Gasteiger partial charge in [0.15, 0.2) is 0 Å². The number of hydrogen-bond donors (Lipinski definition) is 3. The molecule has 0 aliphatic carbocycles. The van der Waals surface area contributed by atoms with Crippen LogP contribution in [0.25, 0.3) is 11.3 Å². The number of nitrogens with one attached hydrogen (secondary N) is 2. The van der Waals surface area contributed by atoms with Crippen molar-refractivity contribution in [2.24, 2.45) is 0 Å². The van der Waals surface area contributed by atoms with Crippen LogP contribution in [-0.2, 0) is 0 Å². The van der Waals surface area contributed by atoms with Gasteiger partial charge in [0.25, 0.3) is 11.8 Å². The third kappa shape index (κ3) is 4.72. The number of aryl methyl sites for hydroxylation is 1. The lowest BCUT2D eigenvalue weighted by Crippen LogP contribution is -2.34. The molecule has 0 fully saturated rings. The van der Waals surface area contributed by atoms with Gasteiger partial charge in [-0.05, 0) is 31.2 Å². The van der Waals surface area contributed by atoms with Crippen molar-refractivity contribution in [3.8, 4) is 17.0 Å². The summed E-state index contributed by atoms with van der Waals surface area (Å²) in [6.07, 6.45) is 0. The van der Waals surface area contributed by atoms with Gasteiger partial charge in [-0.25, -0.2) is 0 Å². The molecule has 0 unspecified atom stereocenters. The number of carbonyl (C=O) groups excluding carboxylic acids is 2. The fourth-order valence-electron chi connectivity index (χ4n) is 2.40. The van der Waals surface area contributed by atoms with Crippen LogP contribution in [0.5, 0.6) is 5.75 Å². The molecule has 7 heteroatoms. The normalized spacial score (nSPS) is 10.4. The number of phenolic OH excluding ortho intramolecular Hbond substituents is 1. The first kappa shape index (κ1) is 18.2. The van der Waals surface area contributed by atoms with Crippen molar-refractivity contribution in [2.45, 2.75) is 6.92 Å². The molecule has 27 heavy (non-hydrogen) atoms. The van der Waals surface area contributed by atoms with Gasteiger partial charge in [0, 0.05) is 30.3 Å². The number of aromatic nitrogens is 1. The number of benzene rings is 2. The van der Waals surface area contributed by atoms with Crippen molar-refractivity contribution >= 4 is 11.8 Å². The van der Waals surface area contributed by atoms with Gasteiger partial charge in [-0.2, -0.15) is 0 Å². The first-order chi connectivity index (χ1) is 13.0. The topological polar surface area (TPSA) is 104 Å². The summed E-state index contributed by atoms with van der Waals surface area (Å²) >= 11 is 0. The molecule has 3 rings (SSSR count). The van der Waals surface area contributed by atoms with E-state index >= 15 is 0 Å². The number of carbonyl (C=O) groups is 2. The third-order valence-corrected chi connectivity index (χ3v) is 3.91. The highest BCUT2D eigenvalue weighted by Gasteiger charge is 2.13. The van der Waals surface area contributed by atoms with E-state index in [1.807, 2.05) is 31.2 Å². The Morgan fingerprint density at radius 1 is 0.963 bits per heavy atom. The predicted octanol–water partition coefficient (Wildman–Crippen LogP) is 2.52. The fraction of sp³-hybridized carbons (Fsp3) is 0.150. The molecular formula is C20H19N3O4. The molecule has 0 aliphatic heterocycles. The maximum atomic E-state index is 12.1. The van der Waals surface area contributed by atoms with E-state index < -0.39 is 5.91 Å². The van der Waals surface area contributed by atoms with Crippen molar-refractivity contribution in [2.75, 3.05) is 13.1 Å². The summed E-state index contributed by atoms with van der Waals surface area (Å²) in [4.78, 5) is 24.0. The first-order valence-corrected chi connectivity index (χ1v) is 8.42. The van der Waals surface area contributed by atoms with Gasteiger partial charge in [0.1, 0.15) is 11.4 Å². The second kappa shape index (κ2) is 8.18. The summed E-state index contributed by atoms with van der Waals surface area (Å²) in [7, 11) is 0. The minimum atomic E-state index is -0.403. The van der Waals surface area contributed by atoms with Gasteiger partial charge in [0.2, 0.25) is 5.76 Å². The lowest BCUT2D eigenvalue weighted by atomic mass is 10.1. The zero-order chi connectivity index (χ0) is 19.2. The van der Waals surface area contributed by atoms with Crippen molar-refractivity contribution < 1.29 is 19.2 Å². The number of rotatable bonds is 6. The van der Waals surface area contributed by atoms with Crippen LogP contribution in [-0.4, -0.2) is 35.2 Å². The second-order valence-corrected chi connectivity index (χ2v) is 6.00. The zero-order valence-electron chi connectivity index (χ0n) is 14.7. The Morgan fingerprint density at radius 3 is 2.26 bits per heavy atom. The molecule has 0 spiro atoms. The van der Waals surface area contributed by atoms with Crippen LogP contribution in [0.3, 0.4) is 0 Å². The van der Waals surface area contributed by atoms with Gasteiger partial charge in [-0.15, -0.1) is 0 Å². The number of nitrogens with zero attached hydrogens (tertiary/aromatic N) is 1. The van der Waals surface area contributed by atoms with E-state index in [0.717, 1.165) is 11.1 Å². The van der Waals surface area contributed by atoms with E-state index in [0.29, 0.717) is 11.3 Å². The predicted molar refractivity (Wildman–Crippen MR) is 99.4 cm³/mol. The molecule has 0 saturated heterocycles. The van der Waals surface area contributed by atoms with Crippen LogP contribution in [0.15, 0.2) is 59.1 Å². The SMILES string of the molecule is Cc1ccc(-c2cc(C(=O)NCCNC(=O)c3ccc(O)cc3)on2)cc1. The lowest BCUT2D eigenvalue weighted by Gasteiger charge is -2.06. The Kier molecular flexibility index (Phi) is 5.51. The maximum absolute atomic E-state index is 12.1. The summed E-state index contributed by atoms with van der Waals surface area (Å²) in [6.45, 7) is 2.49. The largest absolute Gasteiger partial charge is 0.508 e. The number of phenols is 1. The fourth-order valence-corrected chi connectivity index (χ4v) is 2.40. The highest BCUT2D eigenvalue weighted by Crippen LogP contribution is 2.19. The van der Waals surface area contributed by atoms with E-state index in [1.165, 1.54) is 24.3 Å². The van der Waals surface area contributed by atoms with Crippen molar-refractivity contribution in [3.05, 3.63) is 71.5 Å². The zero-order valence-corrected chi connectivity index (χ0v) is 14.7. The average Bonchev–Trinajstić information content (AvgIpc) is 3.16. The van der Waals surface area contributed by atoms with Crippen LogP contribution < -0.4 is 10.6 Å². The molecule has 3 N–H and O–H groups in total. The molecule has 2 amide bonds. The van der Waals surface area contributed by atoms with Gasteiger partial charge < -0.3 is 20.3 Å². The van der Waals surface area contributed by atoms with Gasteiger partial charge in [-0.1, -0.05) is 35.0 Å². The van der Waals surface area contributed by atoms with Gasteiger partial charge in [-0.3, -0.25) is 9.59 Å². The summed E-state index contributed by atoms with van der Waals surface area (Å²) < 4.78 is 5.10. The maximum Gasteiger partial charge on any atom is 0.289 e. The molecule has 1 aromatic heterocycles. The number of hydrogen-bond acceptors (Lipinski definition) is 5. The molecular weight excluding hydrogens is 346 g/mol. The van der Waals surface area contributed by atoms with Crippen molar-refractivity contribution in [1.29, 1.82) is 0 Å². The van der Waals surface area contributed by atoms with Crippen LogP contribution in [0, 0.1) is 6.92 Å². The highest BCUT2D eigenvalue weighted by molar-refractivity contribution is 5.94. The van der Waals surface area contributed by atoms with E-state index in [2.05, 4.69) is 15.8 Å². The Hall–Kier alpha value is -3.61. The van der Waals surface area contributed by atoms with Crippen LogP contribution >= 0.6 is 0 Å². The van der Waals surface area contributed by atoms with E-state index in [4.69, 9.17) is 4.52 Å². The Morgan fingerprint density at radius 2 is 1.59 bits per heavy atom. The summed E-state index contributed by atoms with van der Waals surface area (Å²) in [5, 5.41) is 18.5. The highest BCUT2D eigenvalue weighted by atomic mass is 16.5. The van der Waals surface area contributed by atoms with Crippen molar-refractivity contribution in [3.63, 3.8) is 0 Å². The lowest BCUT2D eigenvalue weighted by molar-refractivity contribution is 0.0903. The summed E-state index contributed by atoms with van der Waals surface area (Å²) in [5.74, 6) is -0.489. The van der Waals surface area contributed by atoms with E-state index in [9.17, 15) is 14.7 Å². The molecule has 2 aromatic carbocycles. The summed E-state index contributed by atoms with van der Waals surface area (Å²) in [6, 6.07) is 15.2. The minimum absolute atomic E-state index is 0.0934. The molecule has 0 saturated carbocycles. The second-order valence-electron chi connectivity index (χ2n) is 6.00. The monoisotopic (exact) mass is 365 g/mol. The van der Waals surface area contributed by atoms with Crippen LogP contribution in [0.2, 0.25) is 0 Å². The van der Waals surface area contributed by atoms with Gasteiger partial charge >= 0.3 is 0 Å². The quantitative estimate of drug-likeness (QED) is 0.582. The molecule has 0 aliphatic rings. The Labute approximate surface area is 156 Å². The minimum Gasteiger partial charge on any atom is -0.508 e. The molecule has 0 bridgehead atoms. The van der Waals surface area contributed by atoms with E-state index in [1.54, 1.807) is 6.07 Å². The van der Waals surface area contributed by atoms with Crippen molar-refractivity contribution in [1.82, 2.24) is 15.8 Å². The average molecular weight is 365 g/mol. The number of amides is 2. The Bertz CT molecular complexity index is 931. The van der Waals surface area contributed by atoms with E-state index in [-0.39, 0.29) is 30.5 Å².